The van der Waals surface area contributed by atoms with Crippen LogP contribution in [0.15, 0.2) is 48.5 Å². The van der Waals surface area contributed by atoms with Crippen molar-refractivity contribution in [3.63, 3.8) is 0 Å². The Bertz CT molecular complexity index is 1200. The van der Waals surface area contributed by atoms with Gasteiger partial charge in [-0.25, -0.2) is 5.48 Å². The van der Waals surface area contributed by atoms with Crippen LogP contribution in [-0.2, 0) is 9.59 Å². The van der Waals surface area contributed by atoms with Crippen LogP contribution in [0.4, 0.5) is 5.69 Å². The lowest BCUT2D eigenvalue weighted by atomic mass is 10.1. The number of hydroxylamine groups is 1. The zero-order valence-electron chi connectivity index (χ0n) is 20.5. The zero-order chi connectivity index (χ0) is 26.5. The molecule has 9 nitrogen and oxygen atoms in total. The summed E-state index contributed by atoms with van der Waals surface area (Å²) in [6, 6.07) is 12.7. The average Bonchev–Trinajstić information content (AvgIpc) is 3.19. The molecule has 9 heteroatoms. The summed E-state index contributed by atoms with van der Waals surface area (Å²) in [4.78, 5) is 38.2. The normalized spacial score (nSPS) is 14.0. The molecule has 0 bridgehead atoms. The fourth-order valence-electron chi connectivity index (χ4n) is 3.80. The number of carbonyl (C=O) groups excluding carboxylic acids is 3. The van der Waals surface area contributed by atoms with Crippen LogP contribution in [0.2, 0.25) is 0 Å². The third kappa shape index (κ3) is 9.10. The number of hydrogen-bond donors (Lipinski definition) is 5. The van der Waals surface area contributed by atoms with Crippen molar-refractivity contribution in [2.75, 3.05) is 31.5 Å². The molecule has 1 heterocycles. The van der Waals surface area contributed by atoms with Crippen LogP contribution in [0, 0.1) is 23.7 Å². The Morgan fingerprint density at radius 3 is 2.00 bits per heavy atom. The largest absolute Gasteiger partial charge is 0.339 e. The first-order chi connectivity index (χ1) is 18.0. The van der Waals surface area contributed by atoms with Gasteiger partial charge in [0.1, 0.15) is 6.04 Å². The maximum Gasteiger partial charge on any atom is 0.267 e. The minimum absolute atomic E-state index is 0.00930. The van der Waals surface area contributed by atoms with Gasteiger partial charge in [-0.15, -0.1) is 0 Å². The van der Waals surface area contributed by atoms with E-state index in [9.17, 15) is 14.4 Å². The smallest absolute Gasteiger partial charge is 0.267 e. The van der Waals surface area contributed by atoms with Crippen molar-refractivity contribution in [3.8, 4) is 23.7 Å². The van der Waals surface area contributed by atoms with Crippen LogP contribution in [-0.4, -0.2) is 60.0 Å². The first-order valence-electron chi connectivity index (χ1n) is 12.2. The number of hydrogen-bond acceptors (Lipinski definition) is 6. The lowest BCUT2D eigenvalue weighted by Gasteiger charge is -2.18. The van der Waals surface area contributed by atoms with E-state index >= 15 is 0 Å². The second-order valence-electron chi connectivity index (χ2n) is 8.63. The molecule has 1 aliphatic rings. The van der Waals surface area contributed by atoms with Gasteiger partial charge in [0.25, 0.3) is 11.8 Å². The molecule has 1 atom stereocenters. The summed E-state index contributed by atoms with van der Waals surface area (Å²) >= 11 is 0. The molecular weight excluding hydrogens is 470 g/mol. The van der Waals surface area contributed by atoms with Crippen LogP contribution in [0.25, 0.3) is 0 Å². The predicted molar refractivity (Wildman–Crippen MR) is 140 cm³/mol. The number of carbonyl (C=O) groups is 3. The lowest BCUT2D eigenvalue weighted by molar-refractivity contribution is -0.130. The van der Waals surface area contributed by atoms with Gasteiger partial charge in [-0.3, -0.25) is 24.5 Å². The summed E-state index contributed by atoms with van der Waals surface area (Å²) in [6.45, 7) is 2.21. The van der Waals surface area contributed by atoms with Gasteiger partial charge in [-0.1, -0.05) is 24.7 Å². The van der Waals surface area contributed by atoms with Crippen molar-refractivity contribution in [3.05, 3.63) is 65.2 Å². The number of anilines is 1. The van der Waals surface area contributed by atoms with Crippen molar-refractivity contribution in [1.82, 2.24) is 15.7 Å². The highest BCUT2D eigenvalue weighted by Crippen LogP contribution is 2.11. The van der Waals surface area contributed by atoms with Crippen LogP contribution in [0.1, 0.15) is 47.2 Å². The van der Waals surface area contributed by atoms with Gasteiger partial charge in [0.2, 0.25) is 5.91 Å². The molecule has 0 aliphatic carbocycles. The Hall–Kier alpha value is -4.15. The van der Waals surface area contributed by atoms with Crippen molar-refractivity contribution < 1.29 is 19.6 Å². The van der Waals surface area contributed by atoms with Crippen LogP contribution < -0.4 is 21.8 Å². The third-order valence-electron chi connectivity index (χ3n) is 5.83. The monoisotopic (exact) mass is 501 g/mol. The quantitative estimate of drug-likeness (QED) is 0.221. The number of amides is 3. The van der Waals surface area contributed by atoms with E-state index in [1.54, 1.807) is 24.3 Å². The Morgan fingerprint density at radius 2 is 1.46 bits per heavy atom. The molecule has 0 saturated carbocycles. The van der Waals surface area contributed by atoms with Gasteiger partial charge in [0, 0.05) is 28.9 Å². The summed E-state index contributed by atoms with van der Waals surface area (Å²) in [5.74, 6) is 10.1. The second-order valence-corrected chi connectivity index (χ2v) is 8.63. The summed E-state index contributed by atoms with van der Waals surface area (Å²) in [5, 5.41) is 14.1. The van der Waals surface area contributed by atoms with Crippen molar-refractivity contribution in [2.24, 2.45) is 5.73 Å². The van der Waals surface area contributed by atoms with Crippen molar-refractivity contribution >= 4 is 23.4 Å². The molecular formula is C28H31N5O4. The second kappa shape index (κ2) is 14.4. The molecule has 37 heavy (non-hydrogen) atoms. The molecule has 3 amide bonds. The van der Waals surface area contributed by atoms with E-state index in [4.69, 9.17) is 10.9 Å². The molecule has 2 aromatic carbocycles. The fraction of sp³-hybridized carbons (Fsp3) is 0.321. The number of rotatable bonds is 7. The molecule has 0 spiro atoms. The highest BCUT2D eigenvalue weighted by molar-refractivity contribution is 5.97. The molecule has 6 N–H and O–H groups in total. The Labute approximate surface area is 216 Å². The van der Waals surface area contributed by atoms with Crippen molar-refractivity contribution in [1.29, 1.82) is 0 Å². The number of benzene rings is 2. The minimum atomic E-state index is -1.04. The standard InChI is InChI=1S/C28H31N5O4/c29-19-25(28(36)32-37)31-27(35)23-13-9-21(10-14-23)7-3-4-8-22-11-15-24(16-12-22)30-26(34)20-33-17-5-1-2-6-18-33/h9-16,25,37H,1-2,5-6,17-20,29H2,(H,30,34)(H,31,35)(H,32,36)/t25-/m0/s1. The first kappa shape index (κ1) is 27.4. The Balaban J connectivity index is 1.50. The SMILES string of the molecule is NC[C@H](NC(=O)c1ccc(C#CC#Cc2ccc(NC(=O)CN3CCCCCC3)cc2)cc1)C(=O)NO. The molecule has 1 saturated heterocycles. The molecule has 3 rings (SSSR count). The predicted octanol–water partition coefficient (Wildman–Crippen LogP) is 1.47. The van der Waals surface area contributed by atoms with E-state index in [2.05, 4.69) is 39.2 Å². The molecule has 0 unspecified atom stereocenters. The van der Waals surface area contributed by atoms with Crippen LogP contribution in [0.3, 0.4) is 0 Å². The lowest BCUT2D eigenvalue weighted by Crippen LogP contribution is -2.50. The summed E-state index contributed by atoms with van der Waals surface area (Å²) < 4.78 is 0. The molecule has 2 aromatic rings. The van der Waals surface area contributed by atoms with Gasteiger partial charge in [-0.05, 0) is 86.3 Å². The molecule has 0 aromatic heterocycles. The summed E-state index contributed by atoms with van der Waals surface area (Å²) in [7, 11) is 0. The topological polar surface area (TPSA) is 137 Å². The maximum absolute atomic E-state index is 12.3. The van der Waals surface area contributed by atoms with Gasteiger partial charge < -0.3 is 16.4 Å². The van der Waals surface area contributed by atoms with Gasteiger partial charge in [0.05, 0.1) is 6.54 Å². The summed E-state index contributed by atoms with van der Waals surface area (Å²) in [5.41, 5.74) is 9.39. The van der Waals surface area contributed by atoms with Gasteiger partial charge in [0.15, 0.2) is 0 Å². The first-order valence-corrected chi connectivity index (χ1v) is 12.2. The van der Waals surface area contributed by atoms with E-state index < -0.39 is 17.9 Å². The summed E-state index contributed by atoms with van der Waals surface area (Å²) in [6.07, 6.45) is 4.77. The zero-order valence-corrected chi connectivity index (χ0v) is 20.5. The Morgan fingerprint density at radius 1 is 0.892 bits per heavy atom. The van der Waals surface area contributed by atoms with E-state index in [1.807, 2.05) is 24.3 Å². The number of nitrogens with two attached hydrogens (primary N) is 1. The maximum atomic E-state index is 12.3. The molecule has 1 fully saturated rings. The van der Waals surface area contributed by atoms with E-state index in [0.717, 1.165) is 37.2 Å². The molecule has 1 aliphatic heterocycles. The fourth-order valence-corrected chi connectivity index (χ4v) is 3.80. The van der Waals surface area contributed by atoms with Crippen molar-refractivity contribution in [2.45, 2.75) is 31.7 Å². The minimum Gasteiger partial charge on any atom is -0.339 e. The number of likely N-dealkylation sites (tertiary alicyclic amines) is 1. The molecule has 0 radical (unpaired) electrons. The van der Waals surface area contributed by atoms with E-state index in [-0.39, 0.29) is 12.5 Å². The van der Waals surface area contributed by atoms with Crippen LogP contribution >= 0.6 is 0 Å². The number of nitrogens with zero attached hydrogens (tertiary/aromatic N) is 1. The molecule has 192 valence electrons. The highest BCUT2D eigenvalue weighted by Gasteiger charge is 2.19. The average molecular weight is 502 g/mol. The van der Waals surface area contributed by atoms with E-state index in [1.165, 1.54) is 18.3 Å². The highest BCUT2D eigenvalue weighted by atomic mass is 16.5. The van der Waals surface area contributed by atoms with Gasteiger partial charge >= 0.3 is 0 Å². The Kier molecular flexibility index (Phi) is 10.7. The van der Waals surface area contributed by atoms with Crippen LogP contribution in [0.5, 0.6) is 0 Å². The number of nitrogens with one attached hydrogen (secondary N) is 3. The van der Waals surface area contributed by atoms with Gasteiger partial charge in [-0.2, -0.15) is 0 Å². The van der Waals surface area contributed by atoms with E-state index in [0.29, 0.717) is 17.7 Å². The third-order valence-corrected chi connectivity index (χ3v) is 5.83.